The van der Waals surface area contributed by atoms with Crippen LogP contribution in [-0.4, -0.2) is 15.0 Å². The van der Waals surface area contributed by atoms with Gasteiger partial charge in [0.25, 0.3) is 0 Å². The molecule has 0 fully saturated rings. The van der Waals surface area contributed by atoms with Gasteiger partial charge in [0, 0.05) is 5.41 Å². The lowest BCUT2D eigenvalue weighted by atomic mass is 9.90. The first-order valence-electron chi connectivity index (χ1n) is 5.87. The highest BCUT2D eigenvalue weighted by Gasteiger charge is 2.26. The van der Waals surface area contributed by atoms with Crippen LogP contribution in [0.1, 0.15) is 37.7 Å². The van der Waals surface area contributed by atoms with Crippen LogP contribution in [0.25, 0.3) is 5.69 Å². The number of benzene rings is 1. The summed E-state index contributed by atoms with van der Waals surface area (Å²) in [6.07, 6.45) is 0. The number of aryl methyl sites for hydroxylation is 1. The van der Waals surface area contributed by atoms with Crippen LogP contribution >= 0.6 is 0 Å². The number of nitrogens with zero attached hydrogens (tertiary/aromatic N) is 4. The van der Waals surface area contributed by atoms with E-state index in [0.29, 0.717) is 5.69 Å². The molecule has 2 rings (SSSR count). The maximum Gasteiger partial charge on any atom is 0.186 e. The number of nitriles is 1. The fourth-order valence-electron chi connectivity index (χ4n) is 2.00. The molecule has 1 aromatic heterocycles. The fraction of sp³-hybridized carbons (Fsp3) is 0.357. The molecule has 4 heteroatoms. The number of hydrogen-bond acceptors (Lipinski definition) is 3. The van der Waals surface area contributed by atoms with Crippen LogP contribution in [0, 0.1) is 18.3 Å². The smallest absolute Gasteiger partial charge is 0.186 e. The average molecular weight is 240 g/mol. The summed E-state index contributed by atoms with van der Waals surface area (Å²) in [6, 6.07) is 10.1. The standard InChI is InChI=1S/C14H16N4/c1-10-7-5-6-8-12(10)18-13(14(2,3)4)11(9-15)16-17-18/h5-8H,1-4H3. The summed E-state index contributed by atoms with van der Waals surface area (Å²) in [6.45, 7) is 8.19. The summed E-state index contributed by atoms with van der Waals surface area (Å²) in [5.41, 5.74) is 3.13. The van der Waals surface area contributed by atoms with Gasteiger partial charge >= 0.3 is 0 Å². The molecular weight excluding hydrogens is 224 g/mol. The van der Waals surface area contributed by atoms with Gasteiger partial charge in [-0.1, -0.05) is 44.2 Å². The Morgan fingerprint density at radius 2 is 1.89 bits per heavy atom. The molecule has 92 valence electrons. The molecule has 0 unspecified atom stereocenters. The third kappa shape index (κ3) is 2.00. The van der Waals surface area contributed by atoms with Crippen molar-refractivity contribution in [3.63, 3.8) is 0 Å². The first kappa shape index (κ1) is 12.3. The second-order valence-electron chi connectivity index (χ2n) is 5.35. The molecule has 0 radical (unpaired) electrons. The van der Waals surface area contributed by atoms with Crippen molar-refractivity contribution in [1.29, 1.82) is 5.26 Å². The van der Waals surface area contributed by atoms with E-state index < -0.39 is 0 Å². The van der Waals surface area contributed by atoms with Crippen LogP contribution in [0.4, 0.5) is 0 Å². The first-order chi connectivity index (χ1) is 8.45. The third-order valence-corrected chi connectivity index (χ3v) is 2.83. The minimum absolute atomic E-state index is 0.184. The topological polar surface area (TPSA) is 54.5 Å². The Kier molecular flexibility index (Phi) is 2.92. The molecule has 2 aromatic rings. The van der Waals surface area contributed by atoms with E-state index in [1.807, 2.05) is 31.2 Å². The Bertz CT molecular complexity index is 611. The van der Waals surface area contributed by atoms with Crippen molar-refractivity contribution < 1.29 is 0 Å². The van der Waals surface area contributed by atoms with Crippen molar-refractivity contribution in [2.24, 2.45) is 0 Å². The molecule has 1 heterocycles. The summed E-state index contributed by atoms with van der Waals surface area (Å²) in [5.74, 6) is 0. The van der Waals surface area contributed by atoms with Gasteiger partial charge in [-0.2, -0.15) is 5.26 Å². The van der Waals surface area contributed by atoms with Gasteiger partial charge in [0.1, 0.15) is 6.07 Å². The quantitative estimate of drug-likeness (QED) is 0.770. The van der Waals surface area contributed by atoms with Crippen LogP contribution in [0.5, 0.6) is 0 Å². The van der Waals surface area contributed by atoms with Crippen LogP contribution in [0.3, 0.4) is 0 Å². The van der Waals surface area contributed by atoms with Gasteiger partial charge in [0.15, 0.2) is 5.69 Å². The molecule has 0 aliphatic carbocycles. The molecule has 0 spiro atoms. The Balaban J connectivity index is 2.71. The highest BCUT2D eigenvalue weighted by Crippen LogP contribution is 2.27. The molecule has 4 nitrogen and oxygen atoms in total. The van der Waals surface area contributed by atoms with E-state index in [1.165, 1.54) is 0 Å². The molecule has 0 amide bonds. The normalized spacial score (nSPS) is 11.3. The molecule has 0 N–H and O–H groups in total. The minimum atomic E-state index is -0.184. The number of aromatic nitrogens is 3. The van der Waals surface area contributed by atoms with Gasteiger partial charge in [-0.05, 0) is 18.6 Å². The fourth-order valence-corrected chi connectivity index (χ4v) is 2.00. The average Bonchev–Trinajstić information content (AvgIpc) is 2.73. The lowest BCUT2D eigenvalue weighted by Crippen LogP contribution is -2.19. The third-order valence-electron chi connectivity index (χ3n) is 2.83. The predicted octanol–water partition coefficient (Wildman–Crippen LogP) is 2.74. The first-order valence-corrected chi connectivity index (χ1v) is 5.87. The zero-order valence-electron chi connectivity index (χ0n) is 11.1. The molecule has 0 saturated heterocycles. The highest BCUT2D eigenvalue weighted by molar-refractivity contribution is 5.44. The van der Waals surface area contributed by atoms with Crippen molar-refractivity contribution in [3.8, 4) is 11.8 Å². The van der Waals surface area contributed by atoms with Gasteiger partial charge in [-0.3, -0.25) is 0 Å². The summed E-state index contributed by atoms with van der Waals surface area (Å²) in [7, 11) is 0. The van der Waals surface area contributed by atoms with Gasteiger partial charge in [-0.25, -0.2) is 4.68 Å². The van der Waals surface area contributed by atoms with Crippen molar-refractivity contribution in [2.45, 2.75) is 33.1 Å². The van der Waals surface area contributed by atoms with Gasteiger partial charge in [-0.15, -0.1) is 5.10 Å². The second-order valence-corrected chi connectivity index (χ2v) is 5.35. The van der Waals surface area contributed by atoms with E-state index in [1.54, 1.807) is 4.68 Å². The van der Waals surface area contributed by atoms with Crippen molar-refractivity contribution >= 4 is 0 Å². The van der Waals surface area contributed by atoms with E-state index in [9.17, 15) is 0 Å². The van der Waals surface area contributed by atoms with E-state index in [2.05, 4.69) is 37.2 Å². The predicted molar refractivity (Wildman–Crippen MR) is 69.5 cm³/mol. The Labute approximate surface area is 107 Å². The van der Waals surface area contributed by atoms with Crippen LogP contribution < -0.4 is 0 Å². The number of rotatable bonds is 1. The molecule has 1 aromatic carbocycles. The largest absolute Gasteiger partial charge is 0.215 e. The van der Waals surface area contributed by atoms with Gasteiger partial charge < -0.3 is 0 Å². The molecule has 0 bridgehead atoms. The minimum Gasteiger partial charge on any atom is -0.215 e. The molecule has 0 aliphatic rings. The lowest BCUT2D eigenvalue weighted by Gasteiger charge is -2.20. The zero-order chi connectivity index (χ0) is 13.3. The van der Waals surface area contributed by atoms with Crippen LogP contribution in [0.2, 0.25) is 0 Å². The Hall–Kier alpha value is -2.15. The SMILES string of the molecule is Cc1ccccc1-n1nnc(C#N)c1C(C)(C)C. The Morgan fingerprint density at radius 1 is 1.22 bits per heavy atom. The highest BCUT2D eigenvalue weighted by atomic mass is 15.4. The van der Waals surface area contributed by atoms with Crippen molar-refractivity contribution in [2.75, 3.05) is 0 Å². The van der Waals surface area contributed by atoms with Crippen molar-refractivity contribution in [1.82, 2.24) is 15.0 Å². The summed E-state index contributed by atoms with van der Waals surface area (Å²) >= 11 is 0. The van der Waals surface area contributed by atoms with E-state index in [4.69, 9.17) is 5.26 Å². The summed E-state index contributed by atoms with van der Waals surface area (Å²) in [4.78, 5) is 0. The lowest BCUT2D eigenvalue weighted by molar-refractivity contribution is 0.541. The molecule has 0 saturated carbocycles. The van der Waals surface area contributed by atoms with Gasteiger partial charge in [0.2, 0.25) is 0 Å². The summed E-state index contributed by atoms with van der Waals surface area (Å²) in [5, 5.41) is 17.2. The Morgan fingerprint density at radius 3 is 2.44 bits per heavy atom. The molecule has 18 heavy (non-hydrogen) atoms. The van der Waals surface area contributed by atoms with Crippen molar-refractivity contribution in [3.05, 3.63) is 41.2 Å². The maximum absolute atomic E-state index is 9.15. The van der Waals surface area contributed by atoms with E-state index in [0.717, 1.165) is 16.9 Å². The van der Waals surface area contributed by atoms with Crippen LogP contribution in [-0.2, 0) is 5.41 Å². The molecule has 0 aliphatic heterocycles. The molecular formula is C14H16N4. The monoisotopic (exact) mass is 240 g/mol. The molecule has 0 atom stereocenters. The van der Waals surface area contributed by atoms with Crippen LogP contribution in [0.15, 0.2) is 24.3 Å². The zero-order valence-corrected chi connectivity index (χ0v) is 11.1. The van der Waals surface area contributed by atoms with E-state index in [-0.39, 0.29) is 5.41 Å². The summed E-state index contributed by atoms with van der Waals surface area (Å²) < 4.78 is 1.77. The number of para-hydroxylation sites is 1. The maximum atomic E-state index is 9.15. The second kappa shape index (κ2) is 4.26. The number of hydrogen-bond donors (Lipinski definition) is 0. The van der Waals surface area contributed by atoms with Gasteiger partial charge in [0.05, 0.1) is 11.4 Å². The van der Waals surface area contributed by atoms with E-state index >= 15 is 0 Å².